The zero-order valence-electron chi connectivity index (χ0n) is 14.3. The smallest absolute Gasteiger partial charge is 0.242 e. The number of rotatable bonds is 4. The third kappa shape index (κ3) is 3.87. The maximum Gasteiger partial charge on any atom is 0.242 e. The van der Waals surface area contributed by atoms with Crippen molar-refractivity contribution in [3.05, 3.63) is 0 Å². The minimum absolute atomic E-state index is 0.105. The fraction of sp³-hybridized carbons (Fsp3) is 0.889. The fourth-order valence-electron chi connectivity index (χ4n) is 4.48. The maximum absolute atomic E-state index is 12.6. The molecule has 3 rings (SSSR count). The molecule has 1 saturated heterocycles. The molecule has 2 N–H and O–H groups in total. The van der Waals surface area contributed by atoms with Crippen molar-refractivity contribution in [1.29, 1.82) is 0 Å². The molecule has 130 valence electrons. The molecule has 0 radical (unpaired) electrons. The average molecular weight is 321 g/mol. The summed E-state index contributed by atoms with van der Waals surface area (Å²) >= 11 is 0. The number of nitrogens with zero attached hydrogens (tertiary/aromatic N) is 2. The molecule has 1 aliphatic heterocycles. The lowest BCUT2D eigenvalue weighted by molar-refractivity contribution is -0.143. The summed E-state index contributed by atoms with van der Waals surface area (Å²) in [5.41, 5.74) is 5.64. The molecule has 23 heavy (non-hydrogen) atoms. The standard InChI is InChI=1S/C18H31N3O2/c19-18(9-3-4-10-18)17(23)21-13-11-20(12-14-21)16(22)8-7-15-5-1-2-6-15/h15H,1-14,19H2. The number of carbonyl (C=O) groups excluding carboxylic acids is 2. The normalized spacial score (nSPS) is 25.1. The molecular weight excluding hydrogens is 290 g/mol. The summed E-state index contributed by atoms with van der Waals surface area (Å²) in [5, 5.41) is 0. The zero-order chi connectivity index (χ0) is 16.3. The molecule has 2 saturated carbocycles. The minimum Gasteiger partial charge on any atom is -0.339 e. The lowest BCUT2D eigenvalue weighted by atomic mass is 9.96. The maximum atomic E-state index is 12.6. The molecule has 5 heteroatoms. The fourth-order valence-corrected chi connectivity index (χ4v) is 4.48. The number of hydrogen-bond acceptors (Lipinski definition) is 3. The van der Waals surface area contributed by atoms with Gasteiger partial charge < -0.3 is 15.5 Å². The van der Waals surface area contributed by atoms with Gasteiger partial charge in [-0.2, -0.15) is 0 Å². The Balaban J connectivity index is 1.42. The van der Waals surface area contributed by atoms with Gasteiger partial charge in [0.25, 0.3) is 0 Å². The molecule has 0 spiro atoms. The highest BCUT2D eigenvalue weighted by molar-refractivity contribution is 5.87. The summed E-state index contributed by atoms with van der Waals surface area (Å²) in [6, 6.07) is 0. The van der Waals surface area contributed by atoms with Crippen LogP contribution in [-0.4, -0.2) is 53.3 Å². The van der Waals surface area contributed by atoms with E-state index in [2.05, 4.69) is 0 Å². The van der Waals surface area contributed by atoms with Gasteiger partial charge in [-0.25, -0.2) is 0 Å². The van der Waals surface area contributed by atoms with Crippen LogP contribution in [0, 0.1) is 5.92 Å². The summed E-state index contributed by atoms with van der Waals surface area (Å²) in [4.78, 5) is 28.8. The Morgan fingerprint density at radius 1 is 0.913 bits per heavy atom. The molecule has 0 aromatic rings. The highest BCUT2D eigenvalue weighted by atomic mass is 16.2. The first-order chi connectivity index (χ1) is 11.1. The van der Waals surface area contributed by atoms with Crippen LogP contribution >= 0.6 is 0 Å². The van der Waals surface area contributed by atoms with Crippen LogP contribution < -0.4 is 5.73 Å². The van der Waals surface area contributed by atoms with Gasteiger partial charge in [0, 0.05) is 32.6 Å². The molecule has 0 bridgehead atoms. The van der Waals surface area contributed by atoms with E-state index < -0.39 is 5.54 Å². The molecule has 3 fully saturated rings. The molecule has 0 unspecified atom stereocenters. The van der Waals surface area contributed by atoms with Gasteiger partial charge in [-0.15, -0.1) is 0 Å². The van der Waals surface area contributed by atoms with E-state index in [9.17, 15) is 9.59 Å². The third-order valence-electron chi connectivity index (χ3n) is 6.08. The second kappa shape index (κ2) is 7.20. The second-order valence-electron chi connectivity index (χ2n) is 7.73. The van der Waals surface area contributed by atoms with Crippen LogP contribution in [0.2, 0.25) is 0 Å². The number of nitrogens with two attached hydrogens (primary N) is 1. The van der Waals surface area contributed by atoms with Crippen LogP contribution in [0.4, 0.5) is 0 Å². The van der Waals surface area contributed by atoms with Crippen LogP contribution in [0.3, 0.4) is 0 Å². The van der Waals surface area contributed by atoms with Crippen molar-refractivity contribution in [2.24, 2.45) is 11.7 Å². The van der Waals surface area contributed by atoms with E-state index in [1.54, 1.807) is 0 Å². The molecule has 2 aliphatic carbocycles. The topological polar surface area (TPSA) is 66.6 Å². The molecule has 3 aliphatic rings. The summed E-state index contributed by atoms with van der Waals surface area (Å²) in [5.74, 6) is 1.14. The van der Waals surface area contributed by atoms with E-state index in [4.69, 9.17) is 5.73 Å². The Labute approximate surface area is 139 Å². The van der Waals surface area contributed by atoms with Crippen molar-refractivity contribution < 1.29 is 9.59 Å². The van der Waals surface area contributed by atoms with Gasteiger partial charge in [0.1, 0.15) is 0 Å². The van der Waals surface area contributed by atoms with Gasteiger partial charge in [-0.05, 0) is 25.2 Å². The first kappa shape index (κ1) is 16.7. The highest BCUT2D eigenvalue weighted by Gasteiger charge is 2.40. The summed E-state index contributed by atoms with van der Waals surface area (Å²) in [6.45, 7) is 2.64. The van der Waals surface area contributed by atoms with Crippen LogP contribution in [0.1, 0.15) is 64.2 Å². The number of amides is 2. The van der Waals surface area contributed by atoms with Crippen LogP contribution in [-0.2, 0) is 9.59 Å². The average Bonchev–Trinajstić information content (AvgIpc) is 3.24. The summed E-state index contributed by atoms with van der Waals surface area (Å²) in [7, 11) is 0. The van der Waals surface area contributed by atoms with E-state index >= 15 is 0 Å². The first-order valence-electron chi connectivity index (χ1n) is 9.44. The SMILES string of the molecule is NC1(C(=O)N2CCN(C(=O)CCC3CCCC3)CC2)CCCC1. The molecule has 0 aromatic heterocycles. The number of carbonyl (C=O) groups is 2. The largest absolute Gasteiger partial charge is 0.339 e. The van der Waals surface area contributed by atoms with E-state index in [0.717, 1.165) is 38.0 Å². The minimum atomic E-state index is -0.630. The van der Waals surface area contributed by atoms with E-state index in [1.807, 2.05) is 9.80 Å². The van der Waals surface area contributed by atoms with Crippen molar-refractivity contribution >= 4 is 11.8 Å². The lowest BCUT2D eigenvalue weighted by Gasteiger charge is -2.38. The molecule has 5 nitrogen and oxygen atoms in total. The first-order valence-corrected chi connectivity index (χ1v) is 9.44. The predicted octanol–water partition coefficient (Wildman–Crippen LogP) is 1.90. The van der Waals surface area contributed by atoms with Crippen LogP contribution in [0.5, 0.6) is 0 Å². The lowest BCUT2D eigenvalue weighted by Crippen LogP contribution is -2.59. The monoisotopic (exact) mass is 321 g/mol. The molecule has 1 heterocycles. The van der Waals surface area contributed by atoms with Crippen molar-refractivity contribution in [3.63, 3.8) is 0 Å². The second-order valence-corrected chi connectivity index (χ2v) is 7.73. The van der Waals surface area contributed by atoms with Gasteiger partial charge in [0.2, 0.25) is 11.8 Å². The van der Waals surface area contributed by atoms with Crippen LogP contribution in [0.25, 0.3) is 0 Å². The van der Waals surface area contributed by atoms with Gasteiger partial charge in [-0.3, -0.25) is 9.59 Å². The zero-order valence-corrected chi connectivity index (χ0v) is 14.3. The Morgan fingerprint density at radius 3 is 2.09 bits per heavy atom. The van der Waals surface area contributed by atoms with Gasteiger partial charge in [-0.1, -0.05) is 38.5 Å². The Morgan fingerprint density at radius 2 is 1.48 bits per heavy atom. The highest BCUT2D eigenvalue weighted by Crippen LogP contribution is 2.30. The van der Waals surface area contributed by atoms with E-state index in [-0.39, 0.29) is 11.8 Å². The number of hydrogen-bond donors (Lipinski definition) is 1. The van der Waals surface area contributed by atoms with Crippen molar-refractivity contribution in [3.8, 4) is 0 Å². The summed E-state index contributed by atoms with van der Waals surface area (Å²) < 4.78 is 0. The van der Waals surface area contributed by atoms with Crippen molar-refractivity contribution in [2.75, 3.05) is 26.2 Å². The Hall–Kier alpha value is -1.10. The van der Waals surface area contributed by atoms with Crippen LogP contribution in [0.15, 0.2) is 0 Å². The van der Waals surface area contributed by atoms with E-state index in [0.29, 0.717) is 32.6 Å². The Bertz CT molecular complexity index is 432. The molecule has 2 amide bonds. The van der Waals surface area contributed by atoms with Gasteiger partial charge in [0.05, 0.1) is 5.54 Å². The number of piperazine rings is 1. The third-order valence-corrected chi connectivity index (χ3v) is 6.08. The van der Waals surface area contributed by atoms with Gasteiger partial charge in [0.15, 0.2) is 0 Å². The van der Waals surface area contributed by atoms with Crippen molar-refractivity contribution in [1.82, 2.24) is 9.80 Å². The molecule has 0 atom stereocenters. The molecular formula is C18H31N3O2. The van der Waals surface area contributed by atoms with Gasteiger partial charge >= 0.3 is 0 Å². The predicted molar refractivity (Wildman–Crippen MR) is 89.7 cm³/mol. The Kier molecular flexibility index (Phi) is 5.24. The van der Waals surface area contributed by atoms with E-state index in [1.165, 1.54) is 25.7 Å². The van der Waals surface area contributed by atoms with Crippen molar-refractivity contribution in [2.45, 2.75) is 69.7 Å². The summed E-state index contributed by atoms with van der Waals surface area (Å²) in [6.07, 6.45) is 10.7. The molecule has 0 aromatic carbocycles. The quantitative estimate of drug-likeness (QED) is 0.860.